The molecule has 1 rings (SSSR count). The molecule has 0 N–H and O–H groups in total. The summed E-state index contributed by atoms with van der Waals surface area (Å²) in [7, 11) is 0. The zero-order valence-electron chi connectivity index (χ0n) is 4.86. The highest BCUT2D eigenvalue weighted by Gasteiger charge is 2.37. The van der Waals surface area contributed by atoms with Gasteiger partial charge in [0, 0.05) is 5.92 Å². The minimum absolute atomic E-state index is 0.203. The van der Waals surface area contributed by atoms with Gasteiger partial charge in [0.25, 0.3) is 0 Å². The fourth-order valence-corrected chi connectivity index (χ4v) is 1.07. The topological polar surface area (TPSA) is 17.1 Å². The van der Waals surface area contributed by atoms with Crippen LogP contribution in [0.5, 0.6) is 0 Å². The monoisotopic (exact) mass is 132 g/mol. The first-order valence-corrected chi connectivity index (χ1v) is 3.38. The van der Waals surface area contributed by atoms with E-state index in [0.29, 0.717) is 11.8 Å². The molecule has 2 atom stereocenters. The number of ketones is 1. The van der Waals surface area contributed by atoms with Crippen LogP contribution in [0.25, 0.3) is 0 Å². The van der Waals surface area contributed by atoms with Gasteiger partial charge in [-0.05, 0) is 12.3 Å². The van der Waals surface area contributed by atoms with Crippen molar-refractivity contribution in [3.05, 3.63) is 0 Å². The number of carbonyl (C=O) groups is 1. The lowest BCUT2D eigenvalue weighted by molar-refractivity contribution is -0.118. The van der Waals surface area contributed by atoms with Gasteiger partial charge < -0.3 is 0 Å². The number of hydrogen-bond acceptors (Lipinski definition) is 1. The molecule has 1 nitrogen and oxygen atoms in total. The molecule has 0 aromatic carbocycles. The highest BCUT2D eigenvalue weighted by Crippen LogP contribution is 2.38. The van der Waals surface area contributed by atoms with E-state index >= 15 is 0 Å². The Balaban J connectivity index is 2.28. The lowest BCUT2D eigenvalue weighted by Crippen LogP contribution is -2.01. The Bertz CT molecular complexity index is 111. The van der Waals surface area contributed by atoms with E-state index in [-0.39, 0.29) is 11.7 Å². The molecule has 0 spiro atoms. The van der Waals surface area contributed by atoms with Crippen molar-refractivity contribution in [1.82, 2.24) is 0 Å². The molecule has 0 saturated heterocycles. The summed E-state index contributed by atoms with van der Waals surface area (Å²) in [6, 6.07) is 0. The molecule has 0 amide bonds. The second kappa shape index (κ2) is 2.06. The van der Waals surface area contributed by atoms with Gasteiger partial charge in [-0.1, -0.05) is 6.92 Å². The second-order valence-corrected chi connectivity index (χ2v) is 2.69. The molecule has 1 fully saturated rings. The molecule has 0 heterocycles. The molecule has 46 valence electrons. The summed E-state index contributed by atoms with van der Waals surface area (Å²) in [5.41, 5.74) is 0. The van der Waals surface area contributed by atoms with E-state index < -0.39 is 0 Å². The quantitative estimate of drug-likeness (QED) is 0.520. The Labute approximate surface area is 54.0 Å². The van der Waals surface area contributed by atoms with Crippen LogP contribution in [0.15, 0.2) is 0 Å². The Morgan fingerprint density at radius 3 is 2.50 bits per heavy atom. The first kappa shape index (κ1) is 6.09. The van der Waals surface area contributed by atoms with Crippen LogP contribution in [0.2, 0.25) is 0 Å². The molecule has 0 aliphatic heterocycles. The molecule has 1 saturated carbocycles. The maximum Gasteiger partial charge on any atom is 0.150 e. The first-order valence-electron chi connectivity index (χ1n) is 2.84. The van der Waals surface area contributed by atoms with Crippen molar-refractivity contribution in [2.45, 2.75) is 13.3 Å². The van der Waals surface area contributed by atoms with E-state index in [1.807, 2.05) is 0 Å². The summed E-state index contributed by atoms with van der Waals surface area (Å²) in [4.78, 5) is 10.7. The molecule has 1 aliphatic carbocycles. The van der Waals surface area contributed by atoms with E-state index in [9.17, 15) is 4.79 Å². The molecule has 0 aromatic heterocycles. The summed E-state index contributed by atoms with van der Waals surface area (Å²) < 4.78 is 0. The van der Waals surface area contributed by atoms with Crippen molar-refractivity contribution < 1.29 is 4.79 Å². The van der Waals surface area contributed by atoms with Crippen LogP contribution >= 0.6 is 11.6 Å². The van der Waals surface area contributed by atoms with Gasteiger partial charge in [-0.15, -0.1) is 11.6 Å². The van der Waals surface area contributed by atoms with Gasteiger partial charge in [-0.25, -0.2) is 0 Å². The van der Waals surface area contributed by atoms with Crippen molar-refractivity contribution in [1.29, 1.82) is 0 Å². The number of Topliss-reactive ketones (excluding diaryl/α,β-unsaturated/α-hetero) is 1. The van der Waals surface area contributed by atoms with E-state index in [4.69, 9.17) is 11.6 Å². The molecule has 2 heteroatoms. The van der Waals surface area contributed by atoms with Crippen molar-refractivity contribution >= 4 is 17.4 Å². The van der Waals surface area contributed by atoms with Gasteiger partial charge in [0.1, 0.15) is 0 Å². The van der Waals surface area contributed by atoms with Crippen LogP contribution in [0.1, 0.15) is 13.3 Å². The second-order valence-electron chi connectivity index (χ2n) is 2.42. The zero-order chi connectivity index (χ0) is 6.15. The summed E-state index contributed by atoms with van der Waals surface area (Å²) in [6.45, 7) is 2.08. The Kier molecular flexibility index (Phi) is 1.57. The van der Waals surface area contributed by atoms with Crippen molar-refractivity contribution in [2.24, 2.45) is 11.8 Å². The van der Waals surface area contributed by atoms with Gasteiger partial charge >= 0.3 is 0 Å². The SMILES string of the molecule is C[C@@H]1C[C@@H]1C(=O)CCl. The number of alkyl halides is 1. The summed E-state index contributed by atoms with van der Waals surface area (Å²) in [6.07, 6.45) is 1.06. The predicted molar refractivity (Wildman–Crippen MR) is 33.0 cm³/mol. The van der Waals surface area contributed by atoms with Gasteiger partial charge in [0.05, 0.1) is 5.88 Å². The number of rotatable bonds is 2. The molecular formula is C6H9ClO. The average molecular weight is 133 g/mol. The maximum absolute atomic E-state index is 10.7. The Hall–Kier alpha value is -0.0400. The fourth-order valence-electron chi connectivity index (χ4n) is 0.870. The third kappa shape index (κ3) is 1.03. The molecule has 0 aromatic rings. The van der Waals surface area contributed by atoms with Gasteiger partial charge in [-0.3, -0.25) is 4.79 Å². The van der Waals surface area contributed by atoms with Crippen LogP contribution in [0.4, 0.5) is 0 Å². The molecule has 8 heavy (non-hydrogen) atoms. The highest BCUT2D eigenvalue weighted by atomic mass is 35.5. The van der Waals surface area contributed by atoms with E-state index in [1.54, 1.807) is 0 Å². The lowest BCUT2D eigenvalue weighted by atomic mass is 10.2. The Morgan fingerprint density at radius 2 is 2.38 bits per heavy atom. The van der Waals surface area contributed by atoms with Crippen LogP contribution in [0.3, 0.4) is 0 Å². The summed E-state index contributed by atoms with van der Waals surface area (Å²) >= 11 is 5.30. The average Bonchev–Trinajstić information content (AvgIpc) is 2.45. The zero-order valence-corrected chi connectivity index (χ0v) is 5.61. The predicted octanol–water partition coefficient (Wildman–Crippen LogP) is 1.45. The smallest absolute Gasteiger partial charge is 0.150 e. The third-order valence-electron chi connectivity index (χ3n) is 1.65. The highest BCUT2D eigenvalue weighted by molar-refractivity contribution is 6.28. The summed E-state index contributed by atoms with van der Waals surface area (Å²) in [5.74, 6) is 1.35. The lowest BCUT2D eigenvalue weighted by Gasteiger charge is -1.86. The van der Waals surface area contributed by atoms with E-state index in [0.717, 1.165) is 6.42 Å². The van der Waals surface area contributed by atoms with E-state index in [1.165, 1.54) is 0 Å². The molecule has 0 radical (unpaired) electrons. The number of hydrogen-bond donors (Lipinski definition) is 0. The largest absolute Gasteiger partial charge is 0.298 e. The third-order valence-corrected chi connectivity index (χ3v) is 1.92. The van der Waals surface area contributed by atoms with Gasteiger partial charge in [0.2, 0.25) is 0 Å². The normalized spacial score (nSPS) is 34.8. The first-order chi connectivity index (χ1) is 3.75. The van der Waals surface area contributed by atoms with Gasteiger partial charge in [0.15, 0.2) is 5.78 Å². The number of halogens is 1. The van der Waals surface area contributed by atoms with Crippen molar-refractivity contribution in [3.8, 4) is 0 Å². The minimum atomic E-state index is 0.203. The van der Waals surface area contributed by atoms with Crippen LogP contribution < -0.4 is 0 Å². The van der Waals surface area contributed by atoms with Crippen molar-refractivity contribution in [2.75, 3.05) is 5.88 Å². The molecular weight excluding hydrogens is 124 g/mol. The minimum Gasteiger partial charge on any atom is -0.298 e. The van der Waals surface area contributed by atoms with Crippen molar-refractivity contribution in [3.63, 3.8) is 0 Å². The number of carbonyl (C=O) groups excluding carboxylic acids is 1. The molecule has 0 bridgehead atoms. The molecule has 0 unspecified atom stereocenters. The van der Waals surface area contributed by atoms with Crippen LogP contribution in [-0.4, -0.2) is 11.7 Å². The van der Waals surface area contributed by atoms with E-state index in [2.05, 4.69) is 6.92 Å². The fraction of sp³-hybridized carbons (Fsp3) is 0.833. The van der Waals surface area contributed by atoms with Crippen LogP contribution in [-0.2, 0) is 4.79 Å². The van der Waals surface area contributed by atoms with Crippen LogP contribution in [0, 0.1) is 11.8 Å². The van der Waals surface area contributed by atoms with Gasteiger partial charge in [-0.2, -0.15) is 0 Å². The molecule has 1 aliphatic rings. The Morgan fingerprint density at radius 1 is 1.88 bits per heavy atom. The summed E-state index contributed by atoms with van der Waals surface area (Å²) in [5, 5.41) is 0. The maximum atomic E-state index is 10.7. The standard InChI is InChI=1S/C6H9ClO/c1-4-2-5(4)6(8)3-7/h4-5H,2-3H2,1H3/t4-,5+/m1/s1.